The van der Waals surface area contributed by atoms with Crippen LogP contribution in [-0.2, 0) is 0 Å². The Morgan fingerprint density at radius 2 is 2.12 bits per heavy atom. The van der Waals surface area contributed by atoms with Gasteiger partial charge in [-0.3, -0.25) is 4.79 Å². The molecule has 0 bridgehead atoms. The first kappa shape index (κ1) is 11.2. The summed E-state index contributed by atoms with van der Waals surface area (Å²) in [7, 11) is 0. The molecule has 0 unspecified atom stereocenters. The minimum atomic E-state index is -0.363. The summed E-state index contributed by atoms with van der Waals surface area (Å²) < 4.78 is 5.76. The molecular weight excluding hydrogens is 230 g/mol. The van der Waals surface area contributed by atoms with Gasteiger partial charge in [-0.2, -0.15) is 0 Å². The van der Waals surface area contributed by atoms with Crippen molar-refractivity contribution in [2.75, 3.05) is 13.1 Å². The molecule has 0 atom stereocenters. The molecule has 0 aliphatic carbocycles. The van der Waals surface area contributed by atoms with Gasteiger partial charge < -0.3 is 15.2 Å². The number of aromatic hydroxyl groups is 1. The van der Waals surface area contributed by atoms with Crippen LogP contribution in [0.25, 0.3) is 0 Å². The molecular formula is C11H12ClNO3. The lowest BCUT2D eigenvalue weighted by molar-refractivity contribution is 0.00229. The molecule has 0 amide bonds. The highest BCUT2D eigenvalue weighted by atomic mass is 35.5. The Balaban J connectivity index is 0.000000963. The minimum absolute atomic E-state index is 0. The number of hydrogen-bond donors (Lipinski definition) is 2. The van der Waals surface area contributed by atoms with E-state index >= 15 is 0 Å². The van der Waals surface area contributed by atoms with Crippen LogP contribution in [0.15, 0.2) is 18.2 Å². The lowest BCUT2D eigenvalue weighted by Crippen LogP contribution is -2.65. The number of phenolic OH excluding ortho intramolecular Hbond substituents is 1. The van der Waals surface area contributed by atoms with Crippen LogP contribution in [0.2, 0.25) is 0 Å². The van der Waals surface area contributed by atoms with Crippen molar-refractivity contribution >= 4 is 18.2 Å². The molecule has 1 saturated heterocycles. The third-order valence-corrected chi connectivity index (χ3v) is 2.97. The zero-order valence-electron chi connectivity index (χ0n) is 8.53. The van der Waals surface area contributed by atoms with Gasteiger partial charge >= 0.3 is 0 Å². The number of ether oxygens (including phenoxy) is 1. The van der Waals surface area contributed by atoms with E-state index in [2.05, 4.69) is 5.32 Å². The van der Waals surface area contributed by atoms with E-state index in [1.807, 2.05) is 0 Å². The molecule has 1 spiro atoms. The number of benzene rings is 1. The van der Waals surface area contributed by atoms with Crippen molar-refractivity contribution in [3.63, 3.8) is 0 Å². The fraction of sp³-hybridized carbons (Fsp3) is 0.364. The van der Waals surface area contributed by atoms with Gasteiger partial charge in [0.15, 0.2) is 5.78 Å². The molecule has 86 valence electrons. The Bertz CT molecular complexity index is 443. The molecule has 1 fully saturated rings. The van der Waals surface area contributed by atoms with E-state index in [1.165, 1.54) is 12.1 Å². The van der Waals surface area contributed by atoms with Crippen molar-refractivity contribution in [3.8, 4) is 11.5 Å². The summed E-state index contributed by atoms with van der Waals surface area (Å²) in [6.07, 6.45) is 0.428. The summed E-state index contributed by atoms with van der Waals surface area (Å²) in [6.45, 7) is 1.40. The van der Waals surface area contributed by atoms with E-state index in [9.17, 15) is 9.90 Å². The van der Waals surface area contributed by atoms with Crippen LogP contribution in [0, 0.1) is 0 Å². The molecule has 0 aromatic heterocycles. The first-order valence-corrected chi connectivity index (χ1v) is 4.95. The van der Waals surface area contributed by atoms with Gasteiger partial charge in [0.05, 0.1) is 12.0 Å². The number of carbonyl (C=O) groups excluding carboxylic acids is 1. The highest BCUT2D eigenvalue weighted by Crippen LogP contribution is 2.37. The average Bonchev–Trinajstić information content (AvgIpc) is 2.14. The molecule has 1 aromatic carbocycles. The SMILES string of the molecule is Cl.O=C1CC2(CNC2)Oc2cc(O)ccc21. The number of fused-ring (bicyclic) bond motifs is 1. The smallest absolute Gasteiger partial charge is 0.170 e. The van der Waals surface area contributed by atoms with Gasteiger partial charge in [-0.1, -0.05) is 0 Å². The lowest BCUT2D eigenvalue weighted by atomic mass is 9.85. The maximum absolute atomic E-state index is 11.8. The molecule has 2 heterocycles. The van der Waals surface area contributed by atoms with Gasteiger partial charge in [0.2, 0.25) is 0 Å². The van der Waals surface area contributed by atoms with E-state index < -0.39 is 0 Å². The topological polar surface area (TPSA) is 58.6 Å². The van der Waals surface area contributed by atoms with Crippen LogP contribution in [0.3, 0.4) is 0 Å². The second kappa shape index (κ2) is 3.64. The standard InChI is InChI=1S/C11H11NO3.ClH/c13-7-1-2-8-9(14)4-11(5-12-6-11)15-10(8)3-7;/h1-3,12-13H,4-6H2;1H. The van der Waals surface area contributed by atoms with Crippen LogP contribution < -0.4 is 10.1 Å². The second-order valence-electron chi connectivity index (χ2n) is 4.17. The molecule has 2 N–H and O–H groups in total. The van der Waals surface area contributed by atoms with E-state index in [0.29, 0.717) is 30.8 Å². The molecule has 3 rings (SSSR count). The third kappa shape index (κ3) is 1.54. The normalized spacial score (nSPS) is 20.4. The predicted octanol–water partition coefficient (Wildman–Crippen LogP) is 1.12. The lowest BCUT2D eigenvalue weighted by Gasteiger charge is -2.44. The molecule has 4 nitrogen and oxygen atoms in total. The monoisotopic (exact) mass is 241 g/mol. The Labute approximate surface area is 99.0 Å². The molecule has 16 heavy (non-hydrogen) atoms. The van der Waals surface area contributed by atoms with Gasteiger partial charge in [-0.15, -0.1) is 12.4 Å². The van der Waals surface area contributed by atoms with Crippen LogP contribution in [0.5, 0.6) is 11.5 Å². The maximum atomic E-state index is 11.8. The minimum Gasteiger partial charge on any atom is -0.508 e. The number of hydrogen-bond acceptors (Lipinski definition) is 4. The van der Waals surface area contributed by atoms with Crippen molar-refractivity contribution in [2.45, 2.75) is 12.0 Å². The summed E-state index contributed by atoms with van der Waals surface area (Å²) in [5, 5.41) is 12.4. The van der Waals surface area contributed by atoms with Gasteiger partial charge in [-0.05, 0) is 12.1 Å². The van der Waals surface area contributed by atoms with E-state index in [4.69, 9.17) is 4.74 Å². The summed E-state index contributed by atoms with van der Waals surface area (Å²) in [5.41, 5.74) is 0.211. The number of nitrogens with one attached hydrogen (secondary N) is 1. The Morgan fingerprint density at radius 3 is 2.75 bits per heavy atom. The molecule has 5 heteroatoms. The number of Topliss-reactive ketones (excluding diaryl/α,β-unsaturated/α-hetero) is 1. The number of phenols is 1. The van der Waals surface area contributed by atoms with Crippen molar-refractivity contribution in [1.82, 2.24) is 5.32 Å². The zero-order chi connectivity index (χ0) is 10.5. The maximum Gasteiger partial charge on any atom is 0.170 e. The quantitative estimate of drug-likeness (QED) is 0.715. The zero-order valence-corrected chi connectivity index (χ0v) is 9.34. The van der Waals surface area contributed by atoms with E-state index in [1.54, 1.807) is 6.07 Å². The first-order valence-electron chi connectivity index (χ1n) is 4.95. The van der Waals surface area contributed by atoms with Crippen molar-refractivity contribution in [1.29, 1.82) is 0 Å². The van der Waals surface area contributed by atoms with Gasteiger partial charge in [0.1, 0.15) is 17.1 Å². The van der Waals surface area contributed by atoms with Crippen LogP contribution in [0.4, 0.5) is 0 Å². The fourth-order valence-corrected chi connectivity index (χ4v) is 2.08. The van der Waals surface area contributed by atoms with Gasteiger partial charge in [0, 0.05) is 19.2 Å². The molecule has 0 radical (unpaired) electrons. The number of halogens is 1. The summed E-state index contributed by atoms with van der Waals surface area (Å²) in [4.78, 5) is 11.8. The largest absolute Gasteiger partial charge is 0.508 e. The third-order valence-electron chi connectivity index (χ3n) is 2.97. The van der Waals surface area contributed by atoms with Crippen molar-refractivity contribution < 1.29 is 14.6 Å². The van der Waals surface area contributed by atoms with E-state index in [-0.39, 0.29) is 29.5 Å². The Morgan fingerprint density at radius 1 is 1.38 bits per heavy atom. The van der Waals surface area contributed by atoms with Crippen LogP contribution in [0.1, 0.15) is 16.8 Å². The first-order chi connectivity index (χ1) is 7.19. The molecule has 1 aromatic rings. The van der Waals surface area contributed by atoms with Crippen molar-refractivity contribution in [2.24, 2.45) is 0 Å². The Hall–Kier alpha value is -1.26. The number of carbonyl (C=O) groups is 1. The van der Waals surface area contributed by atoms with Gasteiger partial charge in [-0.25, -0.2) is 0 Å². The highest BCUT2D eigenvalue weighted by molar-refractivity contribution is 6.00. The fourth-order valence-electron chi connectivity index (χ4n) is 2.08. The number of rotatable bonds is 0. The molecule has 0 saturated carbocycles. The summed E-state index contributed by atoms with van der Waals surface area (Å²) in [5.74, 6) is 0.733. The van der Waals surface area contributed by atoms with Gasteiger partial charge in [0.25, 0.3) is 0 Å². The highest BCUT2D eigenvalue weighted by Gasteiger charge is 2.45. The average molecular weight is 242 g/mol. The second-order valence-corrected chi connectivity index (χ2v) is 4.17. The molecule has 2 aliphatic rings. The van der Waals surface area contributed by atoms with Crippen molar-refractivity contribution in [3.05, 3.63) is 23.8 Å². The molecule has 2 aliphatic heterocycles. The predicted molar refractivity (Wildman–Crippen MR) is 60.5 cm³/mol. The Kier molecular flexibility index (Phi) is 2.56. The summed E-state index contributed by atoms with van der Waals surface area (Å²) >= 11 is 0. The van der Waals surface area contributed by atoms with Crippen LogP contribution >= 0.6 is 12.4 Å². The van der Waals surface area contributed by atoms with E-state index in [0.717, 1.165) is 0 Å². The summed E-state index contributed by atoms with van der Waals surface area (Å²) in [6, 6.07) is 4.63. The number of ketones is 1. The van der Waals surface area contributed by atoms with Crippen LogP contribution in [-0.4, -0.2) is 29.6 Å².